The second kappa shape index (κ2) is 6.38. The molecule has 106 valence electrons. The molecule has 0 spiro atoms. The van der Waals surface area contributed by atoms with Crippen molar-refractivity contribution in [3.05, 3.63) is 69.5 Å². The fourth-order valence-electron chi connectivity index (χ4n) is 2.29. The Hall–Kier alpha value is -1.38. The molecule has 1 nitrogen and oxygen atoms in total. The van der Waals surface area contributed by atoms with Gasteiger partial charge in [0.2, 0.25) is 0 Å². The Morgan fingerprint density at radius 2 is 1.85 bits per heavy atom. The van der Waals surface area contributed by atoms with Crippen LogP contribution in [0.15, 0.2) is 36.4 Å². The van der Waals surface area contributed by atoms with Gasteiger partial charge in [0.05, 0.1) is 0 Å². The fraction of sp³-hybridized carbons (Fsp3) is 0.294. The van der Waals surface area contributed by atoms with Crippen LogP contribution >= 0.6 is 11.6 Å². The smallest absolute Gasteiger partial charge is 0.126 e. The minimum atomic E-state index is -0.210. The molecule has 0 fully saturated rings. The van der Waals surface area contributed by atoms with Gasteiger partial charge in [0.15, 0.2) is 0 Å². The maximum Gasteiger partial charge on any atom is 0.126 e. The third-order valence-electron chi connectivity index (χ3n) is 3.71. The first kappa shape index (κ1) is 15.0. The topological polar surface area (TPSA) is 12.0 Å². The zero-order valence-electron chi connectivity index (χ0n) is 12.0. The minimum absolute atomic E-state index is 0.0715. The number of likely N-dealkylation sites (N-methyl/N-ethyl adjacent to an activating group) is 1. The van der Waals surface area contributed by atoms with Crippen LogP contribution in [0.5, 0.6) is 0 Å². The van der Waals surface area contributed by atoms with Gasteiger partial charge in [-0.3, -0.25) is 0 Å². The number of nitrogens with one attached hydrogen (secondary N) is 1. The van der Waals surface area contributed by atoms with Crippen LogP contribution in [-0.2, 0) is 6.42 Å². The lowest BCUT2D eigenvalue weighted by Crippen LogP contribution is -2.19. The normalized spacial score (nSPS) is 12.4. The van der Waals surface area contributed by atoms with Crippen molar-refractivity contribution < 1.29 is 4.39 Å². The summed E-state index contributed by atoms with van der Waals surface area (Å²) in [5.74, 6) is -0.210. The number of hydrogen-bond acceptors (Lipinski definition) is 1. The van der Waals surface area contributed by atoms with Gasteiger partial charge in [-0.05, 0) is 67.8 Å². The second-order valence-electron chi connectivity index (χ2n) is 5.12. The monoisotopic (exact) mass is 291 g/mol. The van der Waals surface area contributed by atoms with Gasteiger partial charge in [-0.2, -0.15) is 0 Å². The number of benzene rings is 2. The molecule has 2 rings (SSSR count). The molecule has 0 saturated carbocycles. The molecule has 0 aliphatic carbocycles. The number of aryl methyl sites for hydroxylation is 2. The molecule has 0 aromatic heterocycles. The Labute approximate surface area is 124 Å². The predicted octanol–water partition coefficient (Wildman–Crippen LogP) is 4.60. The Morgan fingerprint density at radius 1 is 1.10 bits per heavy atom. The van der Waals surface area contributed by atoms with E-state index in [0.29, 0.717) is 17.0 Å². The van der Waals surface area contributed by atoms with Gasteiger partial charge in [0, 0.05) is 11.1 Å². The highest BCUT2D eigenvalue weighted by atomic mass is 35.5. The highest BCUT2D eigenvalue weighted by Crippen LogP contribution is 2.24. The van der Waals surface area contributed by atoms with Crippen molar-refractivity contribution in [3.63, 3.8) is 0 Å². The first-order valence-corrected chi connectivity index (χ1v) is 7.07. The molecular weight excluding hydrogens is 273 g/mol. The van der Waals surface area contributed by atoms with E-state index >= 15 is 0 Å². The van der Waals surface area contributed by atoms with Crippen LogP contribution < -0.4 is 5.32 Å². The minimum Gasteiger partial charge on any atom is -0.313 e. The van der Waals surface area contributed by atoms with Gasteiger partial charge in [0.1, 0.15) is 5.82 Å². The van der Waals surface area contributed by atoms with Gasteiger partial charge in [-0.25, -0.2) is 4.39 Å². The highest BCUT2D eigenvalue weighted by molar-refractivity contribution is 6.30. The summed E-state index contributed by atoms with van der Waals surface area (Å²) in [5, 5.41) is 3.82. The second-order valence-corrected chi connectivity index (χ2v) is 5.56. The van der Waals surface area contributed by atoms with E-state index in [1.807, 2.05) is 7.05 Å². The standard InChI is InChI=1S/C17H19ClFN/c1-11-4-5-13(8-12(11)2)17(20-3)10-14-9-15(18)6-7-16(14)19/h4-9,17,20H,10H2,1-3H3. The van der Waals surface area contributed by atoms with Crippen molar-refractivity contribution in [3.8, 4) is 0 Å². The Kier molecular flexibility index (Phi) is 4.79. The molecule has 1 N–H and O–H groups in total. The Bertz CT molecular complexity index is 610. The molecular formula is C17H19ClFN. The van der Waals surface area contributed by atoms with Crippen molar-refractivity contribution in [2.24, 2.45) is 0 Å². The molecule has 20 heavy (non-hydrogen) atoms. The third kappa shape index (κ3) is 3.38. The summed E-state index contributed by atoms with van der Waals surface area (Å²) in [6, 6.07) is 11.1. The van der Waals surface area contributed by atoms with Gasteiger partial charge >= 0.3 is 0 Å². The summed E-state index contributed by atoms with van der Waals surface area (Å²) in [5.41, 5.74) is 4.30. The van der Waals surface area contributed by atoms with Gasteiger partial charge in [-0.1, -0.05) is 29.8 Å². The van der Waals surface area contributed by atoms with Crippen LogP contribution in [0.2, 0.25) is 5.02 Å². The van der Waals surface area contributed by atoms with Crippen LogP contribution in [0, 0.1) is 19.7 Å². The summed E-state index contributed by atoms with van der Waals surface area (Å²) >= 11 is 5.95. The maximum absolute atomic E-state index is 13.8. The summed E-state index contributed by atoms with van der Waals surface area (Å²) in [4.78, 5) is 0. The maximum atomic E-state index is 13.8. The number of rotatable bonds is 4. The van der Waals surface area contributed by atoms with Crippen molar-refractivity contribution >= 4 is 11.6 Å². The molecule has 1 unspecified atom stereocenters. The lowest BCUT2D eigenvalue weighted by molar-refractivity contribution is 0.554. The van der Waals surface area contributed by atoms with E-state index in [-0.39, 0.29) is 11.9 Å². The molecule has 0 aliphatic heterocycles. The lowest BCUT2D eigenvalue weighted by atomic mass is 9.96. The Morgan fingerprint density at radius 3 is 2.50 bits per heavy atom. The fourth-order valence-corrected chi connectivity index (χ4v) is 2.48. The van der Waals surface area contributed by atoms with Crippen molar-refractivity contribution in [1.82, 2.24) is 5.32 Å². The van der Waals surface area contributed by atoms with Crippen LogP contribution in [0.3, 0.4) is 0 Å². The predicted molar refractivity (Wildman–Crippen MR) is 82.8 cm³/mol. The summed E-state index contributed by atoms with van der Waals surface area (Å²) in [6.07, 6.45) is 0.575. The van der Waals surface area contributed by atoms with E-state index in [9.17, 15) is 4.39 Å². The molecule has 2 aromatic carbocycles. The van der Waals surface area contributed by atoms with E-state index in [0.717, 1.165) is 5.56 Å². The average Bonchev–Trinajstić information content (AvgIpc) is 2.43. The SMILES string of the molecule is CNC(Cc1cc(Cl)ccc1F)c1ccc(C)c(C)c1. The van der Waals surface area contributed by atoms with Crippen LogP contribution in [0.25, 0.3) is 0 Å². The molecule has 0 saturated heterocycles. The first-order valence-electron chi connectivity index (χ1n) is 6.69. The van der Waals surface area contributed by atoms with E-state index in [1.165, 1.54) is 17.2 Å². The molecule has 3 heteroatoms. The van der Waals surface area contributed by atoms with Gasteiger partial charge in [0.25, 0.3) is 0 Å². The molecule has 0 aliphatic rings. The zero-order valence-corrected chi connectivity index (χ0v) is 12.8. The van der Waals surface area contributed by atoms with E-state index in [1.54, 1.807) is 12.1 Å². The largest absolute Gasteiger partial charge is 0.313 e. The first-order chi connectivity index (χ1) is 9.51. The van der Waals surface area contributed by atoms with Crippen LogP contribution in [0.1, 0.15) is 28.3 Å². The molecule has 0 radical (unpaired) electrons. The quantitative estimate of drug-likeness (QED) is 0.868. The van der Waals surface area contributed by atoms with Crippen molar-refractivity contribution in [1.29, 1.82) is 0 Å². The van der Waals surface area contributed by atoms with Gasteiger partial charge in [-0.15, -0.1) is 0 Å². The Balaban J connectivity index is 2.28. The zero-order chi connectivity index (χ0) is 14.7. The van der Waals surface area contributed by atoms with E-state index in [4.69, 9.17) is 11.6 Å². The molecule has 0 heterocycles. The van der Waals surface area contributed by atoms with E-state index in [2.05, 4.69) is 37.4 Å². The van der Waals surface area contributed by atoms with E-state index < -0.39 is 0 Å². The van der Waals surface area contributed by atoms with Crippen molar-refractivity contribution in [2.45, 2.75) is 26.3 Å². The average molecular weight is 292 g/mol. The highest BCUT2D eigenvalue weighted by Gasteiger charge is 2.14. The molecule has 2 aromatic rings. The molecule has 0 amide bonds. The summed E-state index contributed by atoms with van der Waals surface area (Å²) < 4.78 is 13.8. The summed E-state index contributed by atoms with van der Waals surface area (Å²) in [7, 11) is 1.89. The molecule has 0 bridgehead atoms. The lowest BCUT2D eigenvalue weighted by Gasteiger charge is -2.18. The summed E-state index contributed by atoms with van der Waals surface area (Å²) in [6.45, 7) is 4.18. The van der Waals surface area contributed by atoms with Crippen molar-refractivity contribution in [2.75, 3.05) is 7.05 Å². The molecule has 1 atom stereocenters. The van der Waals surface area contributed by atoms with Crippen LogP contribution in [-0.4, -0.2) is 7.05 Å². The van der Waals surface area contributed by atoms with Crippen LogP contribution in [0.4, 0.5) is 4.39 Å². The third-order valence-corrected chi connectivity index (χ3v) is 3.95. The number of halogens is 2. The van der Waals surface area contributed by atoms with Gasteiger partial charge < -0.3 is 5.32 Å². The number of hydrogen-bond donors (Lipinski definition) is 1.